The van der Waals surface area contributed by atoms with E-state index in [1.165, 1.54) is 24.8 Å². The molecule has 0 fully saturated rings. The number of carbonyl (C=O) groups excluding carboxylic acids is 1. The maximum atomic E-state index is 11.6. The van der Waals surface area contributed by atoms with Crippen molar-refractivity contribution in [3.8, 4) is 0 Å². The van der Waals surface area contributed by atoms with Gasteiger partial charge in [-0.1, -0.05) is 31.9 Å². The minimum absolute atomic E-state index is 0.0756. The Morgan fingerprint density at radius 1 is 1.21 bits per heavy atom. The number of rotatable bonds is 8. The number of amides is 1. The molecule has 106 valence electrons. The lowest BCUT2D eigenvalue weighted by atomic mass is 10.1. The summed E-state index contributed by atoms with van der Waals surface area (Å²) in [6.07, 6.45) is 4.92. The summed E-state index contributed by atoms with van der Waals surface area (Å²) >= 11 is 0. The zero-order valence-corrected chi connectivity index (χ0v) is 12.2. The van der Waals surface area contributed by atoms with Gasteiger partial charge in [0.15, 0.2) is 0 Å². The van der Waals surface area contributed by atoms with E-state index in [0.29, 0.717) is 0 Å². The molecular formula is C16H25NO2. The van der Waals surface area contributed by atoms with Crippen LogP contribution in [0.5, 0.6) is 0 Å². The quantitative estimate of drug-likeness (QED) is 0.725. The normalized spacial score (nSPS) is 10.7. The van der Waals surface area contributed by atoms with Gasteiger partial charge in [0.25, 0.3) is 0 Å². The second kappa shape index (κ2) is 8.70. The van der Waals surface area contributed by atoms with E-state index in [9.17, 15) is 4.79 Å². The van der Waals surface area contributed by atoms with Crippen molar-refractivity contribution in [3.05, 3.63) is 29.8 Å². The van der Waals surface area contributed by atoms with Crippen molar-refractivity contribution in [1.82, 2.24) is 0 Å². The average Bonchev–Trinajstić information content (AvgIpc) is 2.39. The lowest BCUT2D eigenvalue weighted by Crippen LogP contribution is -2.20. The maximum Gasteiger partial charge on any atom is 0.250 e. The van der Waals surface area contributed by atoms with Crippen LogP contribution >= 0.6 is 0 Å². The van der Waals surface area contributed by atoms with Crippen LogP contribution < -0.4 is 5.32 Å². The number of benzene rings is 1. The van der Waals surface area contributed by atoms with Crippen molar-refractivity contribution in [3.63, 3.8) is 0 Å². The van der Waals surface area contributed by atoms with Gasteiger partial charge >= 0.3 is 0 Å². The number of unbranched alkanes of at least 4 members (excludes halogenated alkanes) is 2. The van der Waals surface area contributed by atoms with Crippen molar-refractivity contribution >= 4 is 11.6 Å². The third kappa shape index (κ3) is 6.97. The number of nitrogens with one attached hydrogen (secondary N) is 1. The highest BCUT2D eigenvalue weighted by atomic mass is 16.5. The molecule has 1 aromatic carbocycles. The van der Waals surface area contributed by atoms with Crippen LogP contribution in [0.15, 0.2) is 24.3 Å². The molecule has 0 spiro atoms. The van der Waals surface area contributed by atoms with Gasteiger partial charge in [0.05, 0.1) is 6.10 Å². The Balaban J connectivity index is 2.37. The Morgan fingerprint density at radius 2 is 1.89 bits per heavy atom. The SMILES string of the molecule is CCCCCc1ccc(NC(=O)COC(C)C)cc1. The summed E-state index contributed by atoms with van der Waals surface area (Å²) in [6, 6.07) is 8.06. The first kappa shape index (κ1) is 15.7. The second-order valence-corrected chi connectivity index (χ2v) is 5.06. The van der Waals surface area contributed by atoms with Gasteiger partial charge in [-0.3, -0.25) is 4.79 Å². The Kier molecular flexibility index (Phi) is 7.19. The molecule has 0 saturated carbocycles. The second-order valence-electron chi connectivity index (χ2n) is 5.06. The Labute approximate surface area is 116 Å². The molecule has 0 aliphatic rings. The highest BCUT2D eigenvalue weighted by Gasteiger charge is 2.04. The Morgan fingerprint density at radius 3 is 2.47 bits per heavy atom. The molecule has 1 aromatic rings. The molecule has 19 heavy (non-hydrogen) atoms. The van der Waals surface area contributed by atoms with Gasteiger partial charge in [-0.25, -0.2) is 0 Å². The molecular weight excluding hydrogens is 238 g/mol. The van der Waals surface area contributed by atoms with Crippen LogP contribution in [0.2, 0.25) is 0 Å². The van der Waals surface area contributed by atoms with E-state index >= 15 is 0 Å². The number of ether oxygens (including phenoxy) is 1. The largest absolute Gasteiger partial charge is 0.369 e. The van der Waals surface area contributed by atoms with Crippen LogP contribution in [0.3, 0.4) is 0 Å². The summed E-state index contributed by atoms with van der Waals surface area (Å²) in [5.41, 5.74) is 2.15. The number of anilines is 1. The molecule has 0 unspecified atom stereocenters. The van der Waals surface area contributed by atoms with Crippen LogP contribution in [0.25, 0.3) is 0 Å². The average molecular weight is 263 g/mol. The summed E-state index contributed by atoms with van der Waals surface area (Å²) < 4.78 is 5.25. The van der Waals surface area contributed by atoms with Crippen molar-refractivity contribution in [2.75, 3.05) is 11.9 Å². The number of hydrogen-bond donors (Lipinski definition) is 1. The van der Waals surface area contributed by atoms with E-state index in [0.717, 1.165) is 12.1 Å². The Bertz CT molecular complexity index is 371. The summed E-state index contributed by atoms with van der Waals surface area (Å²) in [6.45, 7) is 6.14. The van der Waals surface area contributed by atoms with Gasteiger partial charge in [0.2, 0.25) is 5.91 Å². The summed E-state index contributed by atoms with van der Waals surface area (Å²) in [4.78, 5) is 11.6. The minimum atomic E-state index is -0.104. The molecule has 0 bridgehead atoms. The Hall–Kier alpha value is -1.35. The zero-order chi connectivity index (χ0) is 14.1. The first-order valence-electron chi connectivity index (χ1n) is 7.12. The lowest BCUT2D eigenvalue weighted by molar-refractivity contribution is -0.121. The van der Waals surface area contributed by atoms with Gasteiger partial charge in [0, 0.05) is 5.69 Å². The minimum Gasteiger partial charge on any atom is -0.369 e. The van der Waals surface area contributed by atoms with Crippen LogP contribution in [-0.2, 0) is 16.0 Å². The number of carbonyl (C=O) groups is 1. The van der Waals surface area contributed by atoms with Crippen molar-refractivity contribution in [2.24, 2.45) is 0 Å². The summed E-state index contributed by atoms with van der Waals surface area (Å²) in [5, 5.41) is 2.83. The van der Waals surface area contributed by atoms with Gasteiger partial charge in [0.1, 0.15) is 6.61 Å². The van der Waals surface area contributed by atoms with Crippen molar-refractivity contribution in [2.45, 2.75) is 52.6 Å². The third-order valence-corrected chi connectivity index (χ3v) is 2.85. The van der Waals surface area contributed by atoms with Crippen LogP contribution in [0, 0.1) is 0 Å². The fraction of sp³-hybridized carbons (Fsp3) is 0.562. The molecule has 0 aliphatic carbocycles. The van der Waals surface area contributed by atoms with Crippen LogP contribution in [0.1, 0.15) is 45.6 Å². The van der Waals surface area contributed by atoms with Crippen LogP contribution in [0.4, 0.5) is 5.69 Å². The molecule has 0 heterocycles. The van der Waals surface area contributed by atoms with Crippen molar-refractivity contribution < 1.29 is 9.53 Å². The molecule has 3 heteroatoms. The van der Waals surface area contributed by atoms with Gasteiger partial charge in [-0.2, -0.15) is 0 Å². The molecule has 0 saturated heterocycles. The molecule has 0 aromatic heterocycles. The monoisotopic (exact) mass is 263 g/mol. The van der Waals surface area contributed by atoms with E-state index in [2.05, 4.69) is 24.4 Å². The van der Waals surface area contributed by atoms with Crippen LogP contribution in [-0.4, -0.2) is 18.6 Å². The fourth-order valence-corrected chi connectivity index (χ4v) is 1.77. The van der Waals surface area contributed by atoms with Gasteiger partial charge < -0.3 is 10.1 Å². The molecule has 1 amide bonds. The molecule has 3 nitrogen and oxygen atoms in total. The van der Waals surface area contributed by atoms with Gasteiger partial charge in [-0.15, -0.1) is 0 Å². The molecule has 0 radical (unpaired) electrons. The molecule has 1 N–H and O–H groups in total. The predicted octanol–water partition coefficient (Wildman–Crippen LogP) is 3.78. The molecule has 0 atom stereocenters. The molecule has 1 rings (SSSR count). The van der Waals surface area contributed by atoms with E-state index in [1.807, 2.05) is 26.0 Å². The maximum absolute atomic E-state index is 11.6. The van der Waals surface area contributed by atoms with E-state index < -0.39 is 0 Å². The third-order valence-electron chi connectivity index (χ3n) is 2.85. The van der Waals surface area contributed by atoms with Gasteiger partial charge in [-0.05, 0) is 44.4 Å². The van der Waals surface area contributed by atoms with Crippen molar-refractivity contribution in [1.29, 1.82) is 0 Å². The van der Waals surface area contributed by atoms with E-state index in [-0.39, 0.29) is 18.6 Å². The highest BCUT2D eigenvalue weighted by molar-refractivity contribution is 5.91. The first-order chi connectivity index (χ1) is 9.11. The predicted molar refractivity (Wildman–Crippen MR) is 79.4 cm³/mol. The molecule has 0 aliphatic heterocycles. The topological polar surface area (TPSA) is 38.3 Å². The smallest absolute Gasteiger partial charge is 0.250 e. The lowest BCUT2D eigenvalue weighted by Gasteiger charge is -2.09. The standard InChI is InChI=1S/C16H25NO2/c1-4-5-6-7-14-8-10-15(11-9-14)17-16(18)12-19-13(2)3/h8-11,13H,4-7,12H2,1-3H3,(H,17,18). The zero-order valence-electron chi connectivity index (χ0n) is 12.2. The first-order valence-corrected chi connectivity index (χ1v) is 7.12. The number of aryl methyl sites for hydroxylation is 1. The van der Waals surface area contributed by atoms with E-state index in [4.69, 9.17) is 4.74 Å². The van der Waals surface area contributed by atoms with E-state index in [1.54, 1.807) is 0 Å². The summed E-state index contributed by atoms with van der Waals surface area (Å²) in [5.74, 6) is -0.104. The highest BCUT2D eigenvalue weighted by Crippen LogP contribution is 2.12. The fourth-order valence-electron chi connectivity index (χ4n) is 1.77. The number of hydrogen-bond acceptors (Lipinski definition) is 2. The summed E-state index contributed by atoms with van der Waals surface area (Å²) in [7, 11) is 0.